The number of amides is 1. The average molecular weight is 259 g/mol. The van der Waals surface area contributed by atoms with Gasteiger partial charge in [-0.2, -0.15) is 0 Å². The SMILES string of the molecule is CC(=CC(=O)O)CN1C(=O)C(C)(C)c2ccccc21. The molecule has 4 nitrogen and oxygen atoms in total. The van der Waals surface area contributed by atoms with Gasteiger partial charge in [-0.1, -0.05) is 18.2 Å². The summed E-state index contributed by atoms with van der Waals surface area (Å²) in [6.45, 7) is 5.82. The molecule has 4 heteroatoms. The number of aliphatic carboxylic acids is 1. The first-order chi connectivity index (χ1) is 8.84. The molecule has 0 fully saturated rings. The van der Waals surface area contributed by atoms with E-state index in [4.69, 9.17) is 5.11 Å². The van der Waals surface area contributed by atoms with Gasteiger partial charge in [0.25, 0.3) is 0 Å². The van der Waals surface area contributed by atoms with Gasteiger partial charge in [0.15, 0.2) is 0 Å². The van der Waals surface area contributed by atoms with E-state index < -0.39 is 11.4 Å². The molecule has 1 N–H and O–H groups in total. The minimum Gasteiger partial charge on any atom is -0.478 e. The van der Waals surface area contributed by atoms with Gasteiger partial charge in [-0.15, -0.1) is 0 Å². The Labute approximate surface area is 112 Å². The second kappa shape index (κ2) is 4.53. The number of fused-ring (bicyclic) bond motifs is 1. The van der Waals surface area contributed by atoms with Gasteiger partial charge in [0.05, 0.1) is 5.41 Å². The summed E-state index contributed by atoms with van der Waals surface area (Å²) in [7, 11) is 0. The lowest BCUT2D eigenvalue weighted by molar-refractivity contribution is -0.131. The molecule has 19 heavy (non-hydrogen) atoms. The number of anilines is 1. The van der Waals surface area contributed by atoms with Crippen LogP contribution < -0.4 is 4.90 Å². The summed E-state index contributed by atoms with van der Waals surface area (Å²) in [5.41, 5.74) is 1.95. The second-order valence-electron chi connectivity index (χ2n) is 5.36. The largest absolute Gasteiger partial charge is 0.478 e. The summed E-state index contributed by atoms with van der Waals surface area (Å²) < 4.78 is 0. The van der Waals surface area contributed by atoms with Gasteiger partial charge in [-0.3, -0.25) is 4.79 Å². The number of hydrogen-bond donors (Lipinski definition) is 1. The van der Waals surface area contributed by atoms with E-state index in [1.807, 2.05) is 38.1 Å². The smallest absolute Gasteiger partial charge is 0.328 e. The van der Waals surface area contributed by atoms with Crippen LogP contribution in [0.3, 0.4) is 0 Å². The highest BCUT2D eigenvalue weighted by atomic mass is 16.4. The molecule has 0 aliphatic carbocycles. The van der Waals surface area contributed by atoms with E-state index in [0.717, 1.165) is 17.3 Å². The Balaban J connectivity index is 2.38. The lowest BCUT2D eigenvalue weighted by Gasteiger charge is -2.20. The number of para-hydroxylation sites is 1. The maximum Gasteiger partial charge on any atom is 0.328 e. The molecule has 1 amide bonds. The fourth-order valence-corrected chi connectivity index (χ4v) is 2.46. The van der Waals surface area contributed by atoms with Crippen LogP contribution in [0, 0.1) is 0 Å². The highest BCUT2D eigenvalue weighted by Crippen LogP contribution is 2.41. The van der Waals surface area contributed by atoms with E-state index in [9.17, 15) is 9.59 Å². The number of nitrogens with zero attached hydrogens (tertiary/aromatic N) is 1. The Morgan fingerprint density at radius 1 is 1.37 bits per heavy atom. The zero-order chi connectivity index (χ0) is 14.2. The van der Waals surface area contributed by atoms with Crippen LogP contribution in [-0.2, 0) is 15.0 Å². The molecule has 0 aromatic heterocycles. The van der Waals surface area contributed by atoms with E-state index in [0.29, 0.717) is 12.1 Å². The van der Waals surface area contributed by atoms with Crippen molar-refractivity contribution in [2.45, 2.75) is 26.2 Å². The molecule has 1 aliphatic heterocycles. The van der Waals surface area contributed by atoms with Gasteiger partial charge >= 0.3 is 5.97 Å². The van der Waals surface area contributed by atoms with Gasteiger partial charge in [0.2, 0.25) is 5.91 Å². The maximum atomic E-state index is 12.5. The Bertz CT molecular complexity index is 573. The first kappa shape index (κ1) is 13.3. The predicted octanol–water partition coefficient (Wildman–Crippen LogP) is 2.34. The molecule has 0 atom stereocenters. The number of rotatable bonds is 3. The third kappa shape index (κ3) is 2.26. The first-order valence-corrected chi connectivity index (χ1v) is 6.15. The molecule has 0 saturated heterocycles. The average Bonchev–Trinajstić information content (AvgIpc) is 2.51. The third-order valence-corrected chi connectivity index (χ3v) is 3.43. The molecule has 0 bridgehead atoms. The highest BCUT2D eigenvalue weighted by Gasteiger charge is 2.43. The van der Waals surface area contributed by atoms with E-state index in [1.54, 1.807) is 11.8 Å². The topological polar surface area (TPSA) is 57.6 Å². The van der Waals surface area contributed by atoms with Crippen LogP contribution in [0.4, 0.5) is 5.69 Å². The van der Waals surface area contributed by atoms with Crippen molar-refractivity contribution in [2.24, 2.45) is 0 Å². The van der Waals surface area contributed by atoms with Crippen LogP contribution in [0.25, 0.3) is 0 Å². The standard InChI is InChI=1S/C15H17NO3/c1-10(8-13(17)18)9-16-12-7-5-4-6-11(12)15(2,3)14(16)19/h4-8H,9H2,1-3H3,(H,17,18). The minimum atomic E-state index is -0.989. The Kier molecular flexibility index (Phi) is 3.18. The van der Waals surface area contributed by atoms with E-state index >= 15 is 0 Å². The van der Waals surface area contributed by atoms with Crippen LogP contribution in [0.1, 0.15) is 26.3 Å². The van der Waals surface area contributed by atoms with Gasteiger partial charge in [-0.05, 0) is 38.0 Å². The van der Waals surface area contributed by atoms with E-state index in [2.05, 4.69) is 0 Å². The van der Waals surface area contributed by atoms with E-state index in [1.165, 1.54) is 0 Å². The molecular formula is C15H17NO3. The van der Waals surface area contributed by atoms with Gasteiger partial charge in [-0.25, -0.2) is 4.79 Å². The molecule has 1 aliphatic rings. The van der Waals surface area contributed by atoms with Crippen LogP contribution in [0.2, 0.25) is 0 Å². The van der Waals surface area contributed by atoms with Gasteiger partial charge in [0.1, 0.15) is 0 Å². The molecule has 0 saturated carbocycles. The Morgan fingerprint density at radius 3 is 2.63 bits per heavy atom. The summed E-state index contributed by atoms with van der Waals surface area (Å²) in [5, 5.41) is 8.74. The van der Waals surface area contributed by atoms with Crippen molar-refractivity contribution in [2.75, 3.05) is 11.4 Å². The number of carbonyl (C=O) groups is 2. The van der Waals surface area contributed by atoms with Crippen molar-refractivity contribution in [3.05, 3.63) is 41.5 Å². The first-order valence-electron chi connectivity index (χ1n) is 6.15. The molecule has 1 heterocycles. The monoisotopic (exact) mass is 259 g/mol. The zero-order valence-corrected chi connectivity index (χ0v) is 11.3. The maximum absolute atomic E-state index is 12.5. The molecule has 0 unspecified atom stereocenters. The summed E-state index contributed by atoms with van der Waals surface area (Å²) in [4.78, 5) is 24.8. The van der Waals surface area contributed by atoms with Crippen LogP contribution in [0.15, 0.2) is 35.9 Å². The molecular weight excluding hydrogens is 242 g/mol. The lowest BCUT2D eigenvalue weighted by Crippen LogP contribution is -2.37. The molecule has 1 aromatic rings. The van der Waals surface area contributed by atoms with Crippen molar-refractivity contribution in [1.29, 1.82) is 0 Å². The number of carboxylic acid groups (broad SMARTS) is 1. The Morgan fingerprint density at radius 2 is 2.00 bits per heavy atom. The normalized spacial score (nSPS) is 17.5. The van der Waals surface area contributed by atoms with Crippen LogP contribution >= 0.6 is 0 Å². The number of hydrogen-bond acceptors (Lipinski definition) is 2. The van der Waals surface area contributed by atoms with E-state index in [-0.39, 0.29) is 5.91 Å². The molecule has 2 rings (SSSR count). The fraction of sp³-hybridized carbons (Fsp3) is 0.333. The summed E-state index contributed by atoms with van der Waals surface area (Å²) in [6, 6.07) is 7.65. The lowest BCUT2D eigenvalue weighted by atomic mass is 9.86. The zero-order valence-electron chi connectivity index (χ0n) is 11.3. The van der Waals surface area contributed by atoms with Gasteiger partial charge < -0.3 is 10.0 Å². The molecule has 0 spiro atoms. The molecule has 1 aromatic carbocycles. The quantitative estimate of drug-likeness (QED) is 0.848. The summed E-state index contributed by atoms with van der Waals surface area (Å²) in [5.74, 6) is -0.983. The number of carbonyl (C=O) groups excluding carboxylic acids is 1. The van der Waals surface area contributed by atoms with Crippen molar-refractivity contribution in [1.82, 2.24) is 0 Å². The molecule has 0 radical (unpaired) electrons. The minimum absolute atomic E-state index is 0.00633. The fourth-order valence-electron chi connectivity index (χ4n) is 2.46. The third-order valence-electron chi connectivity index (χ3n) is 3.43. The van der Waals surface area contributed by atoms with Crippen molar-refractivity contribution >= 4 is 17.6 Å². The van der Waals surface area contributed by atoms with Crippen LogP contribution in [-0.4, -0.2) is 23.5 Å². The van der Waals surface area contributed by atoms with Crippen LogP contribution in [0.5, 0.6) is 0 Å². The number of benzene rings is 1. The van der Waals surface area contributed by atoms with Crippen molar-refractivity contribution in [3.63, 3.8) is 0 Å². The summed E-state index contributed by atoms with van der Waals surface area (Å²) in [6.07, 6.45) is 1.14. The summed E-state index contributed by atoms with van der Waals surface area (Å²) >= 11 is 0. The number of carboxylic acids is 1. The predicted molar refractivity (Wildman–Crippen MR) is 73.2 cm³/mol. The Hall–Kier alpha value is -2.10. The van der Waals surface area contributed by atoms with Crippen molar-refractivity contribution < 1.29 is 14.7 Å². The van der Waals surface area contributed by atoms with Gasteiger partial charge in [0, 0.05) is 18.3 Å². The second-order valence-corrected chi connectivity index (χ2v) is 5.36. The highest BCUT2D eigenvalue weighted by molar-refractivity contribution is 6.07. The molecule has 100 valence electrons. The van der Waals surface area contributed by atoms with Crippen molar-refractivity contribution in [3.8, 4) is 0 Å².